The van der Waals surface area contributed by atoms with Gasteiger partial charge in [-0.1, -0.05) is 0 Å². The number of carboxylic acids is 1. The molecular formula is C8H10N2O2. The molecule has 64 valence electrons. The minimum Gasteiger partial charge on any atom is -0.481 e. The van der Waals surface area contributed by atoms with Crippen molar-refractivity contribution in [2.75, 3.05) is 0 Å². The molecule has 0 spiro atoms. The largest absolute Gasteiger partial charge is 0.481 e. The van der Waals surface area contributed by atoms with Gasteiger partial charge in [-0.05, 0) is 19.8 Å². The molecule has 0 bridgehead atoms. The summed E-state index contributed by atoms with van der Waals surface area (Å²) in [7, 11) is 0. The van der Waals surface area contributed by atoms with Gasteiger partial charge >= 0.3 is 5.97 Å². The van der Waals surface area contributed by atoms with E-state index in [1.54, 1.807) is 6.20 Å². The molecule has 4 nitrogen and oxygen atoms in total. The molecule has 12 heavy (non-hydrogen) atoms. The number of nitrogens with zero attached hydrogens (tertiary/aromatic N) is 1. The van der Waals surface area contributed by atoms with E-state index < -0.39 is 11.4 Å². The third kappa shape index (κ3) is 0.841. The summed E-state index contributed by atoms with van der Waals surface area (Å²) in [5.41, 5.74) is 0.0117. The second kappa shape index (κ2) is 2.09. The van der Waals surface area contributed by atoms with Crippen LogP contribution >= 0.6 is 0 Å². The number of aromatic nitrogens is 2. The van der Waals surface area contributed by atoms with Crippen LogP contribution in [-0.4, -0.2) is 21.0 Å². The van der Waals surface area contributed by atoms with E-state index in [1.807, 2.05) is 6.92 Å². The summed E-state index contributed by atoms with van der Waals surface area (Å²) in [6.07, 6.45) is 3.12. The normalized spacial score (nSPS) is 19.1. The smallest absolute Gasteiger partial charge is 0.315 e. The van der Waals surface area contributed by atoms with Crippen LogP contribution in [0.1, 0.15) is 24.4 Å². The third-order valence-electron chi connectivity index (χ3n) is 2.36. The van der Waals surface area contributed by atoms with Crippen LogP contribution in [0.5, 0.6) is 0 Å². The molecule has 2 N–H and O–H groups in total. The van der Waals surface area contributed by atoms with Crippen LogP contribution in [0, 0.1) is 6.92 Å². The number of H-pyrrole nitrogens is 1. The van der Waals surface area contributed by atoms with Crippen molar-refractivity contribution in [3.8, 4) is 0 Å². The molecular weight excluding hydrogens is 156 g/mol. The van der Waals surface area contributed by atoms with Crippen LogP contribution in [0.3, 0.4) is 0 Å². The lowest BCUT2D eigenvalue weighted by atomic mass is 10.0. The van der Waals surface area contributed by atoms with Crippen molar-refractivity contribution in [1.82, 2.24) is 9.97 Å². The standard InChI is InChI=1S/C8H10N2O2/c1-5-9-4-6(10-5)8(2-3-8)7(11)12/h4H,2-3H2,1H3,(H,9,10)(H,11,12). The molecule has 2 rings (SSSR count). The first-order chi connectivity index (χ1) is 5.65. The van der Waals surface area contributed by atoms with Crippen molar-refractivity contribution in [1.29, 1.82) is 0 Å². The quantitative estimate of drug-likeness (QED) is 0.684. The highest BCUT2D eigenvalue weighted by Crippen LogP contribution is 2.47. The maximum Gasteiger partial charge on any atom is 0.315 e. The fourth-order valence-corrected chi connectivity index (χ4v) is 1.37. The average molecular weight is 166 g/mol. The molecule has 1 aliphatic carbocycles. The van der Waals surface area contributed by atoms with Gasteiger partial charge in [0, 0.05) is 6.20 Å². The van der Waals surface area contributed by atoms with E-state index in [1.165, 1.54) is 0 Å². The van der Waals surface area contributed by atoms with E-state index in [2.05, 4.69) is 9.97 Å². The number of aliphatic carboxylic acids is 1. The Bertz CT molecular complexity index is 326. The number of aryl methyl sites for hydroxylation is 1. The van der Waals surface area contributed by atoms with Crippen molar-refractivity contribution >= 4 is 5.97 Å². The zero-order chi connectivity index (χ0) is 8.77. The highest BCUT2D eigenvalue weighted by Gasteiger charge is 2.53. The Labute approximate surface area is 69.6 Å². The average Bonchev–Trinajstić information content (AvgIpc) is 2.71. The third-order valence-corrected chi connectivity index (χ3v) is 2.36. The molecule has 0 amide bonds. The van der Waals surface area contributed by atoms with Crippen molar-refractivity contribution < 1.29 is 9.90 Å². The number of carboxylic acid groups (broad SMARTS) is 1. The van der Waals surface area contributed by atoms with E-state index >= 15 is 0 Å². The SMILES string of the molecule is Cc1nc(C2(C(=O)O)CC2)c[nH]1. The fourth-order valence-electron chi connectivity index (χ4n) is 1.37. The van der Waals surface area contributed by atoms with E-state index in [-0.39, 0.29) is 0 Å². The molecule has 0 radical (unpaired) electrons. The highest BCUT2D eigenvalue weighted by atomic mass is 16.4. The van der Waals surface area contributed by atoms with Crippen molar-refractivity contribution in [3.05, 3.63) is 17.7 Å². The number of nitrogens with one attached hydrogen (secondary N) is 1. The summed E-state index contributed by atoms with van der Waals surface area (Å²) in [4.78, 5) is 17.9. The number of imidazole rings is 1. The molecule has 0 unspecified atom stereocenters. The second-order valence-corrected chi connectivity index (χ2v) is 3.26. The summed E-state index contributed by atoms with van der Waals surface area (Å²) in [5, 5.41) is 8.91. The maximum absolute atomic E-state index is 10.8. The number of hydrogen-bond acceptors (Lipinski definition) is 2. The lowest BCUT2D eigenvalue weighted by molar-refractivity contribution is -0.140. The lowest BCUT2D eigenvalue weighted by Crippen LogP contribution is -2.19. The second-order valence-electron chi connectivity index (χ2n) is 3.26. The first-order valence-corrected chi connectivity index (χ1v) is 3.91. The summed E-state index contributed by atoms with van der Waals surface area (Å²) in [6, 6.07) is 0. The van der Waals surface area contributed by atoms with Crippen LogP contribution < -0.4 is 0 Å². The molecule has 1 heterocycles. The van der Waals surface area contributed by atoms with Gasteiger partial charge in [0.05, 0.1) is 5.69 Å². The maximum atomic E-state index is 10.8. The van der Waals surface area contributed by atoms with Crippen molar-refractivity contribution in [2.45, 2.75) is 25.2 Å². The summed E-state index contributed by atoms with van der Waals surface area (Å²) in [6.45, 7) is 1.82. The molecule has 1 aromatic heterocycles. The minimum atomic E-state index is -0.756. The number of hydrogen-bond donors (Lipinski definition) is 2. The van der Waals surface area contributed by atoms with Gasteiger partial charge in [0.15, 0.2) is 0 Å². The Balaban J connectivity index is 2.36. The summed E-state index contributed by atoms with van der Waals surface area (Å²) in [5.74, 6) is 0.0199. The van der Waals surface area contributed by atoms with Crippen LogP contribution in [-0.2, 0) is 10.2 Å². The van der Waals surface area contributed by atoms with E-state index in [9.17, 15) is 4.79 Å². The van der Waals surface area contributed by atoms with Crippen LogP contribution in [0.2, 0.25) is 0 Å². The number of rotatable bonds is 2. The minimum absolute atomic E-state index is 0.662. The van der Waals surface area contributed by atoms with Crippen molar-refractivity contribution in [2.24, 2.45) is 0 Å². The van der Waals surface area contributed by atoms with Crippen LogP contribution in [0.15, 0.2) is 6.20 Å². The van der Waals surface area contributed by atoms with E-state index in [0.717, 1.165) is 5.82 Å². The zero-order valence-electron chi connectivity index (χ0n) is 6.79. The van der Waals surface area contributed by atoms with Crippen molar-refractivity contribution in [3.63, 3.8) is 0 Å². The summed E-state index contributed by atoms with van der Waals surface area (Å²) < 4.78 is 0. The van der Waals surface area contributed by atoms with Gasteiger partial charge < -0.3 is 10.1 Å². The monoisotopic (exact) mass is 166 g/mol. The van der Waals surface area contributed by atoms with Crippen LogP contribution in [0.25, 0.3) is 0 Å². The van der Waals surface area contributed by atoms with Gasteiger partial charge in [-0.3, -0.25) is 4.79 Å². The lowest BCUT2D eigenvalue weighted by Gasteiger charge is -2.03. The van der Waals surface area contributed by atoms with Gasteiger partial charge in [-0.15, -0.1) is 0 Å². The predicted octanol–water partition coefficient (Wildman–Crippen LogP) is 0.834. The van der Waals surface area contributed by atoms with Crippen LogP contribution in [0.4, 0.5) is 0 Å². The number of carbonyl (C=O) groups is 1. The molecule has 0 saturated heterocycles. The molecule has 0 aromatic carbocycles. The Morgan fingerprint density at radius 3 is 2.75 bits per heavy atom. The van der Waals surface area contributed by atoms with Gasteiger partial charge in [-0.25, -0.2) is 4.98 Å². The molecule has 0 atom stereocenters. The Hall–Kier alpha value is -1.32. The Kier molecular flexibility index (Phi) is 1.28. The fraction of sp³-hybridized carbons (Fsp3) is 0.500. The topological polar surface area (TPSA) is 66.0 Å². The molecule has 1 saturated carbocycles. The first-order valence-electron chi connectivity index (χ1n) is 3.91. The Morgan fingerprint density at radius 1 is 1.75 bits per heavy atom. The van der Waals surface area contributed by atoms with Gasteiger partial charge in [0.1, 0.15) is 11.2 Å². The van der Waals surface area contributed by atoms with E-state index in [4.69, 9.17) is 5.11 Å². The zero-order valence-corrected chi connectivity index (χ0v) is 6.79. The van der Waals surface area contributed by atoms with Gasteiger partial charge in [-0.2, -0.15) is 0 Å². The molecule has 0 aliphatic heterocycles. The van der Waals surface area contributed by atoms with E-state index in [0.29, 0.717) is 18.5 Å². The first kappa shape index (κ1) is 7.34. The molecule has 1 aromatic rings. The Morgan fingerprint density at radius 2 is 2.42 bits per heavy atom. The van der Waals surface area contributed by atoms with Gasteiger partial charge in [0.25, 0.3) is 0 Å². The predicted molar refractivity (Wildman–Crippen MR) is 41.9 cm³/mol. The molecule has 1 aliphatic rings. The summed E-state index contributed by atoms with van der Waals surface area (Å²) >= 11 is 0. The molecule has 1 fully saturated rings. The molecule has 4 heteroatoms. The van der Waals surface area contributed by atoms with Gasteiger partial charge in [0.2, 0.25) is 0 Å². The highest BCUT2D eigenvalue weighted by molar-refractivity contribution is 5.84. The number of aromatic amines is 1.